The molecule has 0 spiro atoms. The molecule has 1 aromatic carbocycles. The normalized spacial score (nSPS) is 18.0. The smallest absolute Gasteiger partial charge is 0.303 e. The van der Waals surface area contributed by atoms with E-state index < -0.39 is 11.9 Å². The number of carbonyl (C=O) groups is 3. The number of carbonyl (C=O) groups excluding carboxylic acids is 2. The molecule has 1 aliphatic heterocycles. The van der Waals surface area contributed by atoms with Crippen molar-refractivity contribution in [1.29, 1.82) is 0 Å². The first-order valence-corrected chi connectivity index (χ1v) is 7.38. The van der Waals surface area contributed by atoms with E-state index in [1.807, 2.05) is 0 Å². The Bertz CT molecular complexity index is 568. The Kier molecular flexibility index (Phi) is 5.14. The third-order valence-electron chi connectivity index (χ3n) is 3.99. The molecule has 1 fully saturated rings. The second-order valence-corrected chi connectivity index (χ2v) is 5.63. The molecule has 22 heavy (non-hydrogen) atoms. The van der Waals surface area contributed by atoms with Crippen LogP contribution in [0.3, 0.4) is 0 Å². The van der Waals surface area contributed by atoms with Crippen LogP contribution < -0.4 is 5.73 Å². The van der Waals surface area contributed by atoms with Crippen LogP contribution in [-0.4, -0.2) is 40.9 Å². The minimum absolute atomic E-state index is 0.0870. The van der Waals surface area contributed by atoms with Crippen LogP contribution in [0.2, 0.25) is 0 Å². The third kappa shape index (κ3) is 4.07. The van der Waals surface area contributed by atoms with Gasteiger partial charge in [-0.05, 0) is 49.4 Å². The van der Waals surface area contributed by atoms with Crippen molar-refractivity contribution in [3.8, 4) is 0 Å². The summed E-state index contributed by atoms with van der Waals surface area (Å²) >= 11 is 0. The fraction of sp³-hybridized carbons (Fsp3) is 0.438. The van der Waals surface area contributed by atoms with Gasteiger partial charge in [0, 0.05) is 30.6 Å². The number of nitrogens with two attached hydrogens (primary N) is 1. The Labute approximate surface area is 128 Å². The molecule has 1 atom stereocenters. The summed E-state index contributed by atoms with van der Waals surface area (Å²) in [6.45, 7) is 1.27. The zero-order chi connectivity index (χ0) is 16.1. The highest BCUT2D eigenvalue weighted by Gasteiger charge is 2.24. The molecule has 1 aliphatic rings. The molecule has 2 amide bonds. The van der Waals surface area contributed by atoms with Crippen LogP contribution in [0.1, 0.15) is 46.4 Å². The van der Waals surface area contributed by atoms with Gasteiger partial charge in [0.2, 0.25) is 5.91 Å². The Balaban J connectivity index is 1.99. The molecule has 118 valence electrons. The van der Waals surface area contributed by atoms with Gasteiger partial charge in [-0.3, -0.25) is 14.4 Å². The van der Waals surface area contributed by atoms with Crippen LogP contribution >= 0.6 is 0 Å². The highest BCUT2D eigenvalue weighted by Crippen LogP contribution is 2.22. The van der Waals surface area contributed by atoms with Gasteiger partial charge >= 0.3 is 5.97 Å². The molecule has 1 aromatic rings. The summed E-state index contributed by atoms with van der Waals surface area (Å²) in [4.78, 5) is 35.9. The van der Waals surface area contributed by atoms with Crippen molar-refractivity contribution in [1.82, 2.24) is 4.90 Å². The molecular formula is C16H20N2O4. The summed E-state index contributed by atoms with van der Waals surface area (Å²) in [5, 5.41) is 8.75. The van der Waals surface area contributed by atoms with Gasteiger partial charge in [0.25, 0.3) is 5.91 Å². The summed E-state index contributed by atoms with van der Waals surface area (Å²) in [5.74, 6) is -1.18. The van der Waals surface area contributed by atoms with E-state index in [0.29, 0.717) is 30.6 Å². The maximum absolute atomic E-state index is 12.5. The maximum Gasteiger partial charge on any atom is 0.303 e. The number of carboxylic acid groups (broad SMARTS) is 1. The number of hydrogen-bond acceptors (Lipinski definition) is 3. The van der Waals surface area contributed by atoms with Crippen LogP contribution in [0, 0.1) is 5.92 Å². The van der Waals surface area contributed by atoms with Crippen molar-refractivity contribution in [3.63, 3.8) is 0 Å². The van der Waals surface area contributed by atoms with E-state index in [-0.39, 0.29) is 18.2 Å². The number of hydrogen-bond donors (Lipinski definition) is 2. The lowest BCUT2D eigenvalue weighted by atomic mass is 9.93. The predicted octanol–water partition coefficient (Wildman–Crippen LogP) is 1.50. The second-order valence-electron chi connectivity index (χ2n) is 5.63. The van der Waals surface area contributed by atoms with Gasteiger partial charge in [-0.15, -0.1) is 0 Å². The Morgan fingerprint density at radius 1 is 1.18 bits per heavy atom. The van der Waals surface area contributed by atoms with Crippen LogP contribution in [0.15, 0.2) is 24.3 Å². The van der Waals surface area contributed by atoms with E-state index >= 15 is 0 Å². The van der Waals surface area contributed by atoms with E-state index in [2.05, 4.69) is 0 Å². The molecular weight excluding hydrogens is 284 g/mol. The molecule has 0 bridgehead atoms. The molecule has 0 radical (unpaired) electrons. The Hall–Kier alpha value is -2.37. The van der Waals surface area contributed by atoms with Crippen molar-refractivity contribution in [2.24, 2.45) is 11.7 Å². The van der Waals surface area contributed by atoms with Crippen molar-refractivity contribution in [3.05, 3.63) is 35.4 Å². The van der Waals surface area contributed by atoms with E-state index in [9.17, 15) is 14.4 Å². The number of rotatable bonds is 5. The molecule has 0 aromatic heterocycles. The number of nitrogens with zero attached hydrogens (tertiary/aromatic N) is 1. The van der Waals surface area contributed by atoms with Crippen LogP contribution in [-0.2, 0) is 4.79 Å². The predicted molar refractivity (Wildman–Crippen MR) is 80.5 cm³/mol. The number of likely N-dealkylation sites (tertiary alicyclic amines) is 1. The van der Waals surface area contributed by atoms with Crippen molar-refractivity contribution in [2.75, 3.05) is 13.1 Å². The van der Waals surface area contributed by atoms with E-state index in [4.69, 9.17) is 10.8 Å². The zero-order valence-electron chi connectivity index (χ0n) is 12.3. The maximum atomic E-state index is 12.5. The van der Waals surface area contributed by atoms with Gasteiger partial charge in [-0.1, -0.05) is 0 Å². The summed E-state index contributed by atoms with van der Waals surface area (Å²) in [7, 11) is 0. The van der Waals surface area contributed by atoms with Gasteiger partial charge in [-0.25, -0.2) is 0 Å². The lowest BCUT2D eigenvalue weighted by molar-refractivity contribution is -0.137. The summed E-state index contributed by atoms with van der Waals surface area (Å²) in [6.07, 6.45) is 2.58. The first-order valence-electron chi connectivity index (χ1n) is 7.38. The topological polar surface area (TPSA) is 101 Å². The largest absolute Gasteiger partial charge is 0.481 e. The highest BCUT2D eigenvalue weighted by atomic mass is 16.4. The molecule has 1 unspecified atom stereocenters. The first kappa shape index (κ1) is 16.0. The fourth-order valence-corrected chi connectivity index (χ4v) is 2.77. The standard InChI is InChI=1S/C16H20N2O4/c17-15(21)12-4-6-13(7-5-12)16(22)18-9-1-2-11(10-18)3-8-14(19)20/h4-7,11H,1-3,8-10H2,(H2,17,21)(H,19,20). The van der Waals surface area contributed by atoms with Gasteiger partial charge in [0.05, 0.1) is 0 Å². The van der Waals surface area contributed by atoms with Crippen molar-refractivity contribution < 1.29 is 19.5 Å². The molecule has 0 aliphatic carbocycles. The monoisotopic (exact) mass is 304 g/mol. The SMILES string of the molecule is NC(=O)c1ccc(C(=O)N2CCCC(CCC(=O)O)C2)cc1. The number of piperidine rings is 1. The van der Waals surface area contributed by atoms with Gasteiger partial charge in [0.15, 0.2) is 0 Å². The van der Waals surface area contributed by atoms with Gasteiger partial charge < -0.3 is 15.7 Å². The number of carboxylic acids is 1. The van der Waals surface area contributed by atoms with Crippen molar-refractivity contribution >= 4 is 17.8 Å². The van der Waals surface area contributed by atoms with E-state index in [1.54, 1.807) is 29.2 Å². The average Bonchev–Trinajstić information content (AvgIpc) is 2.52. The van der Waals surface area contributed by atoms with Crippen LogP contribution in [0.5, 0.6) is 0 Å². The molecule has 6 nitrogen and oxygen atoms in total. The molecule has 0 saturated carbocycles. The zero-order valence-corrected chi connectivity index (χ0v) is 12.3. The van der Waals surface area contributed by atoms with E-state index in [1.165, 1.54) is 0 Å². The number of aliphatic carboxylic acids is 1. The van der Waals surface area contributed by atoms with Gasteiger partial charge in [-0.2, -0.15) is 0 Å². The molecule has 2 rings (SSSR count). The lowest BCUT2D eigenvalue weighted by Crippen LogP contribution is -2.40. The van der Waals surface area contributed by atoms with Crippen LogP contribution in [0.25, 0.3) is 0 Å². The van der Waals surface area contributed by atoms with Gasteiger partial charge in [0.1, 0.15) is 0 Å². The molecule has 6 heteroatoms. The average molecular weight is 304 g/mol. The molecule has 3 N–H and O–H groups in total. The third-order valence-corrected chi connectivity index (χ3v) is 3.99. The lowest BCUT2D eigenvalue weighted by Gasteiger charge is -2.32. The minimum Gasteiger partial charge on any atom is -0.481 e. The first-order chi connectivity index (χ1) is 10.5. The number of primary amides is 1. The molecule has 1 saturated heterocycles. The highest BCUT2D eigenvalue weighted by molar-refractivity contribution is 5.97. The summed E-state index contributed by atoms with van der Waals surface area (Å²) in [5.41, 5.74) is 6.06. The minimum atomic E-state index is -0.800. The van der Waals surface area contributed by atoms with Crippen LogP contribution in [0.4, 0.5) is 0 Å². The summed E-state index contributed by atoms with van der Waals surface area (Å²) < 4.78 is 0. The Morgan fingerprint density at radius 2 is 1.82 bits per heavy atom. The number of benzene rings is 1. The van der Waals surface area contributed by atoms with Crippen molar-refractivity contribution in [2.45, 2.75) is 25.7 Å². The fourth-order valence-electron chi connectivity index (χ4n) is 2.77. The molecule has 1 heterocycles. The number of amides is 2. The van der Waals surface area contributed by atoms with E-state index in [0.717, 1.165) is 12.8 Å². The Morgan fingerprint density at radius 3 is 2.41 bits per heavy atom. The second kappa shape index (κ2) is 7.06. The quantitative estimate of drug-likeness (QED) is 0.860. The summed E-state index contributed by atoms with van der Waals surface area (Å²) in [6, 6.07) is 6.29.